The highest BCUT2D eigenvalue weighted by Gasteiger charge is 1.98. The molecule has 0 spiro atoms. The summed E-state index contributed by atoms with van der Waals surface area (Å²) in [6, 6.07) is 0. The molecule has 0 atom stereocenters. The lowest BCUT2D eigenvalue weighted by molar-refractivity contribution is -0.671. The summed E-state index contributed by atoms with van der Waals surface area (Å²) >= 11 is 0. The van der Waals surface area contributed by atoms with Gasteiger partial charge in [-0.05, 0) is 0 Å². The first kappa shape index (κ1) is 8.50. The van der Waals surface area contributed by atoms with Crippen molar-refractivity contribution in [3.05, 3.63) is 18.2 Å². The van der Waals surface area contributed by atoms with E-state index in [2.05, 4.69) is 17.7 Å². The van der Waals surface area contributed by atoms with E-state index >= 15 is 0 Å². The van der Waals surface area contributed by atoms with Crippen LogP contribution in [0, 0.1) is 6.92 Å². The van der Waals surface area contributed by atoms with Gasteiger partial charge in [0.05, 0.1) is 14.1 Å². The Morgan fingerprint density at radius 3 is 2.22 bits per heavy atom. The molecule has 0 radical (unpaired) electrons. The summed E-state index contributed by atoms with van der Waals surface area (Å²) in [4.78, 5) is 0. The zero-order valence-electron chi connectivity index (χ0n) is 5.93. The van der Waals surface area contributed by atoms with Crippen LogP contribution in [0.25, 0.3) is 0 Å². The smallest absolute Gasteiger partial charge is 0.243 e. The van der Waals surface area contributed by atoms with Gasteiger partial charge in [-0.1, -0.05) is 0 Å². The first-order valence-corrected chi connectivity index (χ1v) is 2.68. The minimum atomic E-state index is 0. The molecule has 1 aromatic rings. The summed E-state index contributed by atoms with van der Waals surface area (Å²) in [6.07, 6.45) is 4.12. The zero-order valence-corrected chi connectivity index (χ0v) is 6.68. The predicted molar refractivity (Wildman–Crippen MR) is 31.3 cm³/mol. The highest BCUT2D eigenvalue weighted by molar-refractivity contribution is 4.86. The lowest BCUT2D eigenvalue weighted by Gasteiger charge is -1.78. The molecule has 9 heavy (non-hydrogen) atoms. The molecular weight excluding hydrogens is 136 g/mol. The van der Waals surface area contributed by atoms with Crippen LogP contribution in [-0.2, 0) is 14.1 Å². The number of aryl methyl sites for hydroxylation is 3. The second kappa shape index (κ2) is 2.87. The number of hydrogen-bond donors (Lipinski definition) is 0. The summed E-state index contributed by atoms with van der Waals surface area (Å²) in [5.41, 5.74) is 1.28. The molecule has 0 aliphatic rings. The topological polar surface area (TPSA) is 8.81 Å². The standard InChI is InChI=1S/C6H11N2.ClH/c1-6-4-7(2)5-8(6)3;/h4-5H,1-3H3;1H/q+1;/p-1. The van der Waals surface area contributed by atoms with Crippen molar-refractivity contribution in [1.82, 2.24) is 4.57 Å². The molecule has 0 saturated heterocycles. The molecule has 0 bridgehead atoms. The number of rotatable bonds is 0. The van der Waals surface area contributed by atoms with Crippen LogP contribution in [0.2, 0.25) is 0 Å². The minimum absolute atomic E-state index is 0. The maximum atomic E-state index is 2.08. The van der Waals surface area contributed by atoms with Crippen LogP contribution in [-0.4, -0.2) is 4.57 Å². The van der Waals surface area contributed by atoms with Gasteiger partial charge in [-0.15, -0.1) is 0 Å². The van der Waals surface area contributed by atoms with E-state index in [-0.39, 0.29) is 12.4 Å². The fourth-order valence-electron chi connectivity index (χ4n) is 0.783. The normalized spacial score (nSPS) is 8.78. The van der Waals surface area contributed by atoms with Crippen molar-refractivity contribution in [1.29, 1.82) is 0 Å². The Kier molecular flexibility index (Phi) is 2.71. The quantitative estimate of drug-likeness (QED) is 0.349. The molecule has 0 unspecified atom stereocenters. The van der Waals surface area contributed by atoms with Crippen molar-refractivity contribution in [2.24, 2.45) is 14.1 Å². The van der Waals surface area contributed by atoms with Crippen LogP contribution < -0.4 is 17.0 Å². The fraction of sp³-hybridized carbons (Fsp3) is 0.500. The molecule has 0 amide bonds. The van der Waals surface area contributed by atoms with E-state index in [1.165, 1.54) is 5.69 Å². The van der Waals surface area contributed by atoms with E-state index in [0.29, 0.717) is 0 Å². The molecule has 2 nitrogen and oxygen atoms in total. The number of halogens is 1. The molecule has 0 N–H and O–H groups in total. The van der Waals surface area contributed by atoms with Crippen LogP contribution in [0.4, 0.5) is 0 Å². The maximum Gasteiger partial charge on any atom is 0.243 e. The molecule has 0 fully saturated rings. The van der Waals surface area contributed by atoms with E-state index in [1.54, 1.807) is 0 Å². The molecule has 1 aromatic heterocycles. The zero-order chi connectivity index (χ0) is 6.15. The summed E-state index contributed by atoms with van der Waals surface area (Å²) in [7, 11) is 4.06. The molecule has 1 rings (SSSR count). The van der Waals surface area contributed by atoms with E-state index < -0.39 is 0 Å². The lowest BCUT2D eigenvalue weighted by atomic mass is 10.5. The van der Waals surface area contributed by atoms with Gasteiger partial charge in [0.2, 0.25) is 6.33 Å². The average Bonchev–Trinajstić information content (AvgIpc) is 1.85. The second-order valence-electron chi connectivity index (χ2n) is 2.16. The monoisotopic (exact) mass is 146 g/mol. The Morgan fingerprint density at radius 2 is 2.11 bits per heavy atom. The molecule has 0 aromatic carbocycles. The van der Waals surface area contributed by atoms with E-state index in [4.69, 9.17) is 0 Å². The Balaban J connectivity index is 0.000000640. The molecule has 52 valence electrons. The SMILES string of the molecule is Cc1c[n+](C)cn1C.[Cl-]. The van der Waals surface area contributed by atoms with Gasteiger partial charge < -0.3 is 12.4 Å². The van der Waals surface area contributed by atoms with Gasteiger partial charge in [-0.3, -0.25) is 0 Å². The first-order valence-electron chi connectivity index (χ1n) is 2.68. The van der Waals surface area contributed by atoms with Crippen molar-refractivity contribution in [3.8, 4) is 0 Å². The number of aromatic nitrogens is 2. The summed E-state index contributed by atoms with van der Waals surface area (Å²) in [6.45, 7) is 2.08. The van der Waals surface area contributed by atoms with Gasteiger partial charge in [-0.2, -0.15) is 0 Å². The summed E-state index contributed by atoms with van der Waals surface area (Å²) in [5, 5.41) is 0. The maximum absolute atomic E-state index is 2.08. The largest absolute Gasteiger partial charge is 1.00 e. The van der Waals surface area contributed by atoms with Gasteiger partial charge in [0.1, 0.15) is 11.9 Å². The predicted octanol–water partition coefficient (Wildman–Crippen LogP) is -2.84. The highest BCUT2D eigenvalue weighted by atomic mass is 35.5. The van der Waals surface area contributed by atoms with Gasteiger partial charge in [0.15, 0.2) is 0 Å². The summed E-state index contributed by atoms with van der Waals surface area (Å²) in [5.74, 6) is 0. The van der Waals surface area contributed by atoms with Crippen molar-refractivity contribution in [2.45, 2.75) is 6.92 Å². The van der Waals surface area contributed by atoms with Crippen LogP contribution in [0.1, 0.15) is 5.69 Å². The molecule has 0 aliphatic heterocycles. The third-order valence-electron chi connectivity index (χ3n) is 1.30. The van der Waals surface area contributed by atoms with Crippen molar-refractivity contribution < 1.29 is 17.0 Å². The molecule has 0 saturated carbocycles. The van der Waals surface area contributed by atoms with Crippen molar-refractivity contribution >= 4 is 0 Å². The minimum Gasteiger partial charge on any atom is -1.00 e. The Hall–Kier alpha value is -0.500. The van der Waals surface area contributed by atoms with Crippen LogP contribution in [0.3, 0.4) is 0 Å². The third kappa shape index (κ3) is 1.72. The molecular formula is C6H11ClN2. The molecule has 0 aliphatic carbocycles. The van der Waals surface area contributed by atoms with Crippen molar-refractivity contribution in [2.75, 3.05) is 0 Å². The number of imidazole rings is 1. The number of hydrogen-bond acceptors (Lipinski definition) is 0. The van der Waals surface area contributed by atoms with Crippen molar-refractivity contribution in [3.63, 3.8) is 0 Å². The van der Waals surface area contributed by atoms with Gasteiger partial charge in [-0.25, -0.2) is 9.13 Å². The highest BCUT2D eigenvalue weighted by Crippen LogP contribution is 1.87. The van der Waals surface area contributed by atoms with Gasteiger partial charge in [0, 0.05) is 6.92 Å². The van der Waals surface area contributed by atoms with Crippen LogP contribution in [0.15, 0.2) is 12.5 Å². The van der Waals surface area contributed by atoms with E-state index in [0.717, 1.165) is 0 Å². The van der Waals surface area contributed by atoms with Crippen LogP contribution in [0.5, 0.6) is 0 Å². The van der Waals surface area contributed by atoms with E-state index in [9.17, 15) is 0 Å². The Labute approximate surface area is 61.5 Å². The average molecular weight is 147 g/mol. The molecule has 1 heterocycles. The number of nitrogens with zero attached hydrogens (tertiary/aromatic N) is 2. The second-order valence-corrected chi connectivity index (χ2v) is 2.16. The van der Waals surface area contributed by atoms with Crippen LogP contribution >= 0.6 is 0 Å². The lowest BCUT2D eigenvalue weighted by Crippen LogP contribution is -3.00. The Bertz CT molecular complexity index is 173. The Morgan fingerprint density at radius 1 is 1.56 bits per heavy atom. The van der Waals surface area contributed by atoms with Gasteiger partial charge in [0.25, 0.3) is 0 Å². The third-order valence-corrected chi connectivity index (χ3v) is 1.30. The van der Waals surface area contributed by atoms with Gasteiger partial charge >= 0.3 is 0 Å². The fourth-order valence-corrected chi connectivity index (χ4v) is 0.783. The summed E-state index contributed by atoms with van der Waals surface area (Å²) < 4.78 is 4.12. The molecule has 3 heteroatoms. The first-order chi connectivity index (χ1) is 3.70. The van der Waals surface area contributed by atoms with E-state index in [1.807, 2.05) is 25.0 Å².